The van der Waals surface area contributed by atoms with Gasteiger partial charge in [0.1, 0.15) is 0 Å². The second-order valence-electron chi connectivity index (χ2n) is 5.38. The zero-order valence-corrected chi connectivity index (χ0v) is 13.2. The van der Waals surface area contributed by atoms with E-state index in [0.717, 1.165) is 16.6 Å². The minimum atomic E-state index is -3.15. The predicted octanol–water partition coefficient (Wildman–Crippen LogP) is 2.89. The number of hydrogen-bond donors (Lipinski definition) is 2. The Morgan fingerprint density at radius 3 is 2.55 bits per heavy atom. The summed E-state index contributed by atoms with van der Waals surface area (Å²) in [6, 6.07) is 12.9. The second kappa shape index (κ2) is 5.46. The van der Waals surface area contributed by atoms with Gasteiger partial charge in [0, 0.05) is 12.8 Å². The van der Waals surface area contributed by atoms with Gasteiger partial charge in [-0.3, -0.25) is 0 Å². The summed E-state index contributed by atoms with van der Waals surface area (Å²) in [5.41, 5.74) is 4.08. The molecule has 0 unspecified atom stereocenters. The van der Waals surface area contributed by atoms with Gasteiger partial charge < -0.3 is 10.3 Å². The van der Waals surface area contributed by atoms with Crippen LogP contribution in [0.3, 0.4) is 0 Å². The van der Waals surface area contributed by atoms with E-state index in [9.17, 15) is 8.42 Å². The van der Waals surface area contributed by atoms with Crippen molar-refractivity contribution >= 4 is 26.8 Å². The molecule has 3 aromatic rings. The van der Waals surface area contributed by atoms with Gasteiger partial charge in [-0.25, -0.2) is 13.4 Å². The van der Waals surface area contributed by atoms with Crippen molar-refractivity contribution < 1.29 is 8.42 Å². The molecule has 0 amide bonds. The molecule has 0 aliphatic carbocycles. The lowest BCUT2D eigenvalue weighted by molar-refractivity contribution is 0.602. The third-order valence-corrected chi connectivity index (χ3v) is 4.58. The summed E-state index contributed by atoms with van der Waals surface area (Å²) in [6.07, 6.45) is 1.21. The molecule has 2 aromatic carbocycles. The molecule has 5 nitrogen and oxygen atoms in total. The first-order valence-corrected chi connectivity index (χ1v) is 8.80. The maximum atomic E-state index is 11.4. The number of fused-ring (bicyclic) bond motifs is 1. The zero-order valence-electron chi connectivity index (χ0n) is 12.4. The Morgan fingerprint density at radius 2 is 1.86 bits per heavy atom. The summed E-state index contributed by atoms with van der Waals surface area (Å²) in [4.78, 5) is 8.02. The van der Waals surface area contributed by atoms with E-state index in [0.29, 0.717) is 17.4 Å². The van der Waals surface area contributed by atoms with Gasteiger partial charge in [-0.05, 0) is 42.3 Å². The highest BCUT2D eigenvalue weighted by Crippen LogP contribution is 2.17. The topological polar surface area (TPSA) is 74.8 Å². The number of nitrogens with one attached hydrogen (secondary N) is 2. The van der Waals surface area contributed by atoms with Gasteiger partial charge in [0.15, 0.2) is 9.84 Å². The number of rotatable bonds is 4. The maximum Gasteiger partial charge on any atom is 0.201 e. The zero-order chi connectivity index (χ0) is 15.7. The summed E-state index contributed by atoms with van der Waals surface area (Å²) in [5, 5.41) is 3.21. The van der Waals surface area contributed by atoms with Crippen LogP contribution in [0.15, 0.2) is 47.4 Å². The standard InChI is InChI=1S/C16H17N3O2S/c1-11-3-8-14-15(9-11)19-16(18-14)17-10-12-4-6-13(7-5-12)22(2,20)21/h3-9H,10H2,1-2H3,(H2,17,18,19). The second-order valence-corrected chi connectivity index (χ2v) is 7.39. The summed E-state index contributed by atoms with van der Waals surface area (Å²) >= 11 is 0. The van der Waals surface area contributed by atoms with E-state index in [1.165, 1.54) is 11.8 Å². The van der Waals surface area contributed by atoms with E-state index in [1.807, 2.05) is 19.1 Å². The molecule has 0 saturated carbocycles. The van der Waals surface area contributed by atoms with Crippen molar-refractivity contribution in [3.63, 3.8) is 0 Å². The van der Waals surface area contributed by atoms with Crippen molar-refractivity contribution in [3.05, 3.63) is 53.6 Å². The van der Waals surface area contributed by atoms with Crippen LogP contribution < -0.4 is 5.32 Å². The summed E-state index contributed by atoms with van der Waals surface area (Å²) < 4.78 is 22.8. The maximum absolute atomic E-state index is 11.4. The molecule has 0 saturated heterocycles. The van der Waals surface area contributed by atoms with Crippen LogP contribution in [0.1, 0.15) is 11.1 Å². The number of anilines is 1. The fourth-order valence-electron chi connectivity index (χ4n) is 2.25. The average Bonchev–Trinajstić information content (AvgIpc) is 2.86. The molecule has 3 rings (SSSR count). The van der Waals surface area contributed by atoms with E-state index >= 15 is 0 Å². The quantitative estimate of drug-likeness (QED) is 0.776. The summed E-state index contributed by atoms with van der Waals surface area (Å²) in [5.74, 6) is 0.702. The molecule has 2 N–H and O–H groups in total. The minimum Gasteiger partial charge on any atom is -0.352 e. The number of aromatic nitrogens is 2. The van der Waals surface area contributed by atoms with Crippen LogP contribution in [-0.4, -0.2) is 24.6 Å². The number of aromatic amines is 1. The Morgan fingerprint density at radius 1 is 1.14 bits per heavy atom. The molecule has 1 aromatic heterocycles. The SMILES string of the molecule is Cc1ccc2nc(NCc3ccc(S(C)(=O)=O)cc3)[nH]c2c1. The van der Waals surface area contributed by atoms with Crippen LogP contribution in [0.25, 0.3) is 11.0 Å². The molecule has 1 heterocycles. The smallest absolute Gasteiger partial charge is 0.201 e. The van der Waals surface area contributed by atoms with Crippen molar-refractivity contribution in [1.82, 2.24) is 9.97 Å². The Balaban J connectivity index is 1.73. The molecular formula is C16H17N3O2S. The largest absolute Gasteiger partial charge is 0.352 e. The average molecular weight is 315 g/mol. The van der Waals surface area contributed by atoms with Gasteiger partial charge in [-0.1, -0.05) is 18.2 Å². The Kier molecular flexibility index (Phi) is 3.62. The number of sulfone groups is 1. The van der Waals surface area contributed by atoms with E-state index in [1.54, 1.807) is 24.3 Å². The van der Waals surface area contributed by atoms with Gasteiger partial charge in [-0.2, -0.15) is 0 Å². The van der Waals surface area contributed by atoms with Crippen LogP contribution in [-0.2, 0) is 16.4 Å². The lowest BCUT2D eigenvalue weighted by Crippen LogP contribution is -2.02. The molecular weight excluding hydrogens is 298 g/mol. The highest BCUT2D eigenvalue weighted by atomic mass is 32.2. The van der Waals surface area contributed by atoms with Crippen molar-refractivity contribution in [2.24, 2.45) is 0 Å². The van der Waals surface area contributed by atoms with Crippen molar-refractivity contribution in [1.29, 1.82) is 0 Å². The highest BCUT2D eigenvalue weighted by molar-refractivity contribution is 7.90. The van der Waals surface area contributed by atoms with Gasteiger partial charge in [0.05, 0.1) is 15.9 Å². The van der Waals surface area contributed by atoms with Gasteiger partial charge in [0.25, 0.3) is 0 Å². The fourth-order valence-corrected chi connectivity index (χ4v) is 2.88. The lowest BCUT2D eigenvalue weighted by Gasteiger charge is -2.04. The molecule has 0 spiro atoms. The molecule has 22 heavy (non-hydrogen) atoms. The summed E-state index contributed by atoms with van der Waals surface area (Å²) in [7, 11) is -3.15. The normalized spacial score (nSPS) is 11.7. The molecule has 0 radical (unpaired) electrons. The third-order valence-electron chi connectivity index (χ3n) is 3.45. The first-order valence-electron chi connectivity index (χ1n) is 6.91. The first-order chi connectivity index (χ1) is 10.4. The Hall–Kier alpha value is -2.34. The highest BCUT2D eigenvalue weighted by Gasteiger charge is 2.06. The van der Waals surface area contributed by atoms with Gasteiger partial charge in [0.2, 0.25) is 5.95 Å². The van der Waals surface area contributed by atoms with E-state index in [2.05, 4.69) is 21.4 Å². The molecule has 0 bridgehead atoms. The third kappa shape index (κ3) is 3.12. The molecule has 0 atom stereocenters. The number of aryl methyl sites for hydroxylation is 1. The van der Waals surface area contributed by atoms with E-state index in [4.69, 9.17) is 0 Å². The number of benzene rings is 2. The first kappa shape index (κ1) is 14.6. The van der Waals surface area contributed by atoms with Crippen LogP contribution >= 0.6 is 0 Å². The van der Waals surface area contributed by atoms with Crippen LogP contribution in [0.5, 0.6) is 0 Å². The molecule has 0 aliphatic rings. The van der Waals surface area contributed by atoms with Crippen molar-refractivity contribution in [2.45, 2.75) is 18.4 Å². The molecule has 114 valence electrons. The number of imidazole rings is 1. The number of nitrogens with zero attached hydrogens (tertiary/aromatic N) is 1. The Bertz CT molecular complexity index is 912. The van der Waals surface area contributed by atoms with E-state index < -0.39 is 9.84 Å². The van der Waals surface area contributed by atoms with Crippen LogP contribution in [0.4, 0.5) is 5.95 Å². The van der Waals surface area contributed by atoms with Gasteiger partial charge >= 0.3 is 0 Å². The van der Waals surface area contributed by atoms with Gasteiger partial charge in [-0.15, -0.1) is 0 Å². The van der Waals surface area contributed by atoms with E-state index in [-0.39, 0.29) is 0 Å². The molecule has 0 fully saturated rings. The monoisotopic (exact) mass is 315 g/mol. The Labute approximate surface area is 129 Å². The minimum absolute atomic E-state index is 0.329. The van der Waals surface area contributed by atoms with Crippen molar-refractivity contribution in [2.75, 3.05) is 11.6 Å². The van der Waals surface area contributed by atoms with Crippen molar-refractivity contribution in [3.8, 4) is 0 Å². The number of hydrogen-bond acceptors (Lipinski definition) is 4. The summed E-state index contributed by atoms with van der Waals surface area (Å²) in [6.45, 7) is 2.61. The van der Waals surface area contributed by atoms with Crippen LogP contribution in [0.2, 0.25) is 0 Å². The van der Waals surface area contributed by atoms with Crippen LogP contribution in [0, 0.1) is 6.92 Å². The number of H-pyrrole nitrogens is 1. The lowest BCUT2D eigenvalue weighted by atomic mass is 10.2. The molecule has 6 heteroatoms. The fraction of sp³-hybridized carbons (Fsp3) is 0.188. The molecule has 0 aliphatic heterocycles. The predicted molar refractivity (Wildman–Crippen MR) is 87.7 cm³/mol.